The summed E-state index contributed by atoms with van der Waals surface area (Å²) in [6.07, 6.45) is 0.321. The summed E-state index contributed by atoms with van der Waals surface area (Å²) in [5.74, 6) is 0.648. The lowest BCUT2D eigenvalue weighted by atomic mass is 10.1. The highest BCUT2D eigenvalue weighted by atomic mass is 16.5. The quantitative estimate of drug-likeness (QED) is 0.580. The van der Waals surface area contributed by atoms with Gasteiger partial charge in [-0.15, -0.1) is 0 Å². The molecule has 5 heteroatoms. The number of hydrogen-bond donors (Lipinski definition) is 2. The number of anilines is 1. The van der Waals surface area contributed by atoms with Crippen LogP contribution in [0.4, 0.5) is 5.69 Å². The van der Waals surface area contributed by atoms with Gasteiger partial charge in [-0.3, -0.25) is 4.79 Å². The molecule has 0 fully saturated rings. The van der Waals surface area contributed by atoms with Gasteiger partial charge in [-0.2, -0.15) is 0 Å². The van der Waals surface area contributed by atoms with Crippen molar-refractivity contribution < 1.29 is 14.3 Å². The number of nitrogen functional groups attached to an aromatic ring is 1. The van der Waals surface area contributed by atoms with E-state index in [4.69, 9.17) is 15.2 Å². The number of amides is 1. The van der Waals surface area contributed by atoms with Gasteiger partial charge in [0.25, 0.3) is 0 Å². The van der Waals surface area contributed by atoms with Gasteiger partial charge in [-0.25, -0.2) is 0 Å². The zero-order valence-corrected chi connectivity index (χ0v) is 11.7. The number of carbonyl (C=O) groups is 1. The summed E-state index contributed by atoms with van der Waals surface area (Å²) in [7, 11) is 1.59. The number of rotatable bonds is 7. The molecular weight excluding hydrogens is 244 g/mol. The lowest BCUT2D eigenvalue weighted by molar-refractivity contribution is -0.126. The fourth-order valence-electron chi connectivity index (χ4n) is 1.48. The van der Waals surface area contributed by atoms with E-state index < -0.39 is 5.60 Å². The summed E-state index contributed by atoms with van der Waals surface area (Å²) in [4.78, 5) is 11.6. The molecule has 0 bridgehead atoms. The summed E-state index contributed by atoms with van der Waals surface area (Å²) in [5.41, 5.74) is 5.84. The standard InChI is InChI=1S/C14H22N2O3/c1-14(2,18-3)10-13(17)16-7-8-19-12-6-4-5-11(15)9-12/h4-6,9H,7-8,10,15H2,1-3H3,(H,16,17). The van der Waals surface area contributed by atoms with Crippen LogP contribution in [0, 0.1) is 0 Å². The molecule has 0 unspecified atom stereocenters. The van der Waals surface area contributed by atoms with Crippen LogP contribution in [-0.4, -0.2) is 31.8 Å². The average molecular weight is 266 g/mol. The Morgan fingerprint density at radius 2 is 2.16 bits per heavy atom. The fourth-order valence-corrected chi connectivity index (χ4v) is 1.48. The molecule has 0 aliphatic carbocycles. The first-order valence-corrected chi connectivity index (χ1v) is 6.23. The van der Waals surface area contributed by atoms with Crippen LogP contribution >= 0.6 is 0 Å². The highest BCUT2D eigenvalue weighted by Crippen LogP contribution is 2.14. The monoisotopic (exact) mass is 266 g/mol. The van der Waals surface area contributed by atoms with Crippen LogP contribution in [0.15, 0.2) is 24.3 Å². The van der Waals surface area contributed by atoms with Crippen molar-refractivity contribution in [3.63, 3.8) is 0 Å². The van der Waals surface area contributed by atoms with Crippen molar-refractivity contribution in [3.05, 3.63) is 24.3 Å². The molecule has 0 aliphatic heterocycles. The Kier molecular flexibility index (Phi) is 5.63. The van der Waals surface area contributed by atoms with Crippen molar-refractivity contribution in [2.45, 2.75) is 25.9 Å². The van der Waals surface area contributed by atoms with E-state index in [1.54, 1.807) is 19.2 Å². The number of nitrogens with two attached hydrogens (primary N) is 1. The van der Waals surface area contributed by atoms with E-state index in [9.17, 15) is 4.79 Å². The fraction of sp³-hybridized carbons (Fsp3) is 0.500. The predicted molar refractivity (Wildman–Crippen MR) is 75.1 cm³/mol. The maximum Gasteiger partial charge on any atom is 0.223 e. The van der Waals surface area contributed by atoms with Crippen LogP contribution in [0.5, 0.6) is 5.75 Å². The van der Waals surface area contributed by atoms with E-state index in [0.29, 0.717) is 31.0 Å². The van der Waals surface area contributed by atoms with Gasteiger partial charge in [0, 0.05) is 18.9 Å². The molecule has 0 spiro atoms. The largest absolute Gasteiger partial charge is 0.492 e. The summed E-state index contributed by atoms with van der Waals surface area (Å²) in [5, 5.41) is 2.78. The summed E-state index contributed by atoms with van der Waals surface area (Å²) in [6.45, 7) is 4.60. The van der Waals surface area contributed by atoms with Gasteiger partial charge in [0.05, 0.1) is 18.6 Å². The molecule has 1 rings (SSSR count). The molecule has 0 aliphatic rings. The highest BCUT2D eigenvalue weighted by Gasteiger charge is 2.20. The Morgan fingerprint density at radius 3 is 2.79 bits per heavy atom. The van der Waals surface area contributed by atoms with Crippen molar-refractivity contribution in [2.75, 3.05) is 26.0 Å². The lowest BCUT2D eigenvalue weighted by Gasteiger charge is -2.21. The maximum absolute atomic E-state index is 11.6. The zero-order valence-electron chi connectivity index (χ0n) is 11.7. The predicted octanol–water partition coefficient (Wildman–Crippen LogP) is 1.58. The van der Waals surface area contributed by atoms with Crippen LogP contribution in [0.25, 0.3) is 0 Å². The molecular formula is C14H22N2O3. The van der Waals surface area contributed by atoms with E-state index in [2.05, 4.69) is 5.32 Å². The van der Waals surface area contributed by atoms with Crippen LogP contribution in [0.3, 0.4) is 0 Å². The van der Waals surface area contributed by atoms with Gasteiger partial charge < -0.3 is 20.5 Å². The molecule has 0 heterocycles. The molecule has 0 saturated carbocycles. The Hall–Kier alpha value is -1.75. The number of methoxy groups -OCH3 is 1. The molecule has 1 amide bonds. The van der Waals surface area contributed by atoms with Gasteiger partial charge in [0.1, 0.15) is 12.4 Å². The Morgan fingerprint density at radius 1 is 1.42 bits per heavy atom. The number of hydrogen-bond acceptors (Lipinski definition) is 4. The number of carbonyl (C=O) groups excluding carboxylic acids is 1. The van der Waals surface area contributed by atoms with Gasteiger partial charge in [-0.1, -0.05) is 6.07 Å². The van der Waals surface area contributed by atoms with Crippen molar-refractivity contribution in [1.82, 2.24) is 5.32 Å². The highest BCUT2D eigenvalue weighted by molar-refractivity contribution is 5.76. The first-order chi connectivity index (χ1) is 8.93. The molecule has 1 aromatic carbocycles. The van der Waals surface area contributed by atoms with Crippen LogP contribution in [0.2, 0.25) is 0 Å². The Bertz CT molecular complexity index is 419. The van der Waals surface area contributed by atoms with Gasteiger partial charge in [-0.05, 0) is 26.0 Å². The minimum absolute atomic E-state index is 0.0528. The van der Waals surface area contributed by atoms with Gasteiger partial charge >= 0.3 is 0 Å². The molecule has 0 aromatic heterocycles. The Balaban J connectivity index is 2.22. The average Bonchev–Trinajstić information content (AvgIpc) is 2.34. The third kappa shape index (κ3) is 6.10. The van der Waals surface area contributed by atoms with Crippen LogP contribution in [0.1, 0.15) is 20.3 Å². The second-order valence-electron chi connectivity index (χ2n) is 4.91. The molecule has 0 saturated heterocycles. The van der Waals surface area contributed by atoms with Crippen molar-refractivity contribution >= 4 is 11.6 Å². The minimum atomic E-state index is -0.446. The summed E-state index contributed by atoms with van der Waals surface area (Å²) >= 11 is 0. The van der Waals surface area contributed by atoms with Crippen molar-refractivity contribution in [1.29, 1.82) is 0 Å². The molecule has 3 N–H and O–H groups in total. The molecule has 0 radical (unpaired) electrons. The number of benzene rings is 1. The molecule has 1 aromatic rings. The number of nitrogens with one attached hydrogen (secondary N) is 1. The second-order valence-corrected chi connectivity index (χ2v) is 4.91. The van der Waals surface area contributed by atoms with Gasteiger partial charge in [0.2, 0.25) is 5.91 Å². The third-order valence-electron chi connectivity index (χ3n) is 2.69. The van der Waals surface area contributed by atoms with E-state index in [-0.39, 0.29) is 5.91 Å². The molecule has 106 valence electrons. The first-order valence-electron chi connectivity index (χ1n) is 6.23. The molecule has 19 heavy (non-hydrogen) atoms. The Labute approximate surface area is 114 Å². The van der Waals surface area contributed by atoms with Crippen molar-refractivity contribution in [2.24, 2.45) is 0 Å². The third-order valence-corrected chi connectivity index (χ3v) is 2.69. The normalized spacial score (nSPS) is 11.1. The molecule has 5 nitrogen and oxygen atoms in total. The summed E-state index contributed by atoms with van der Waals surface area (Å²) < 4.78 is 10.7. The second kappa shape index (κ2) is 6.99. The SMILES string of the molecule is COC(C)(C)CC(=O)NCCOc1cccc(N)c1. The topological polar surface area (TPSA) is 73.6 Å². The van der Waals surface area contributed by atoms with E-state index >= 15 is 0 Å². The minimum Gasteiger partial charge on any atom is -0.492 e. The first kappa shape index (κ1) is 15.3. The zero-order chi connectivity index (χ0) is 14.3. The van der Waals surface area contributed by atoms with Crippen molar-refractivity contribution in [3.8, 4) is 5.75 Å². The van der Waals surface area contributed by atoms with E-state index in [1.165, 1.54) is 0 Å². The number of ether oxygens (including phenoxy) is 2. The lowest BCUT2D eigenvalue weighted by Crippen LogP contribution is -2.35. The van der Waals surface area contributed by atoms with Gasteiger partial charge in [0.15, 0.2) is 0 Å². The van der Waals surface area contributed by atoms with E-state index in [1.807, 2.05) is 26.0 Å². The molecule has 0 atom stereocenters. The van der Waals surface area contributed by atoms with E-state index in [0.717, 1.165) is 0 Å². The maximum atomic E-state index is 11.6. The van der Waals surface area contributed by atoms with Crippen LogP contribution in [-0.2, 0) is 9.53 Å². The smallest absolute Gasteiger partial charge is 0.223 e. The van der Waals surface area contributed by atoms with Crippen LogP contribution < -0.4 is 15.8 Å². The summed E-state index contributed by atoms with van der Waals surface area (Å²) in [6, 6.07) is 7.19.